The van der Waals surface area contributed by atoms with Crippen LogP contribution < -0.4 is 10.6 Å². The number of carbonyl (C=O) groups is 3. The number of aromatic nitrogens is 1. The summed E-state index contributed by atoms with van der Waals surface area (Å²) in [5.74, 6) is -1.09. The fourth-order valence-electron chi connectivity index (χ4n) is 7.83. The van der Waals surface area contributed by atoms with Crippen molar-refractivity contribution in [2.75, 3.05) is 39.3 Å². The van der Waals surface area contributed by atoms with E-state index in [9.17, 15) is 23.9 Å². The first-order valence-corrected chi connectivity index (χ1v) is 15.5. The maximum Gasteiger partial charge on any atom is 0.335 e. The minimum Gasteiger partial charge on any atom is -0.478 e. The molecule has 226 valence electrons. The molecule has 13 heteroatoms. The zero-order valence-corrected chi connectivity index (χ0v) is 24.9. The number of halogens is 1. The van der Waals surface area contributed by atoms with Gasteiger partial charge < -0.3 is 25.5 Å². The Morgan fingerprint density at radius 2 is 2.02 bits per heavy atom. The molecule has 11 nitrogen and oxygen atoms in total. The number of carbonyl (C=O) groups excluding carboxylic acids is 2. The zero-order chi connectivity index (χ0) is 30.1. The molecule has 0 spiro atoms. The maximum absolute atomic E-state index is 14.6. The second-order valence-electron chi connectivity index (χ2n) is 12.6. The third kappa shape index (κ3) is 4.60. The molecule has 3 amide bonds. The Kier molecular flexibility index (Phi) is 6.58. The highest BCUT2D eigenvalue weighted by molar-refractivity contribution is 7.11. The van der Waals surface area contributed by atoms with Crippen molar-refractivity contribution in [1.29, 1.82) is 0 Å². The van der Waals surface area contributed by atoms with E-state index in [2.05, 4.69) is 20.5 Å². The van der Waals surface area contributed by atoms with E-state index in [-0.39, 0.29) is 34.5 Å². The van der Waals surface area contributed by atoms with Crippen molar-refractivity contribution in [2.45, 2.75) is 50.7 Å². The average molecular weight is 608 g/mol. The third-order valence-electron chi connectivity index (χ3n) is 9.81. The molecule has 0 unspecified atom stereocenters. The summed E-state index contributed by atoms with van der Waals surface area (Å²) in [5.41, 5.74) is 1.47. The van der Waals surface area contributed by atoms with E-state index in [1.165, 1.54) is 24.3 Å². The summed E-state index contributed by atoms with van der Waals surface area (Å²) in [6, 6.07) is 3.85. The Bertz CT molecular complexity index is 1550. The Labute approximate surface area is 252 Å². The van der Waals surface area contributed by atoms with Gasteiger partial charge in [-0.2, -0.15) is 0 Å². The van der Waals surface area contributed by atoms with Crippen molar-refractivity contribution in [3.63, 3.8) is 0 Å². The first-order chi connectivity index (χ1) is 20.6. The van der Waals surface area contributed by atoms with Gasteiger partial charge in [-0.1, -0.05) is 12.1 Å². The molecule has 2 aromatic rings. The molecular weight excluding hydrogens is 573 g/mol. The molecule has 5 fully saturated rings. The summed E-state index contributed by atoms with van der Waals surface area (Å²) in [4.78, 5) is 52.9. The first-order valence-electron chi connectivity index (χ1n) is 14.6. The summed E-state index contributed by atoms with van der Waals surface area (Å²) >= 11 is 1.39. The minimum atomic E-state index is -1.12. The lowest BCUT2D eigenvalue weighted by Crippen LogP contribution is -2.77. The lowest BCUT2D eigenvalue weighted by molar-refractivity contribution is -0.197. The predicted octanol–water partition coefficient (Wildman–Crippen LogP) is 2.50. The number of benzene rings is 1. The highest BCUT2D eigenvalue weighted by Gasteiger charge is 2.72. The van der Waals surface area contributed by atoms with Crippen LogP contribution in [0.2, 0.25) is 0 Å². The smallest absolute Gasteiger partial charge is 0.335 e. The molecule has 1 aromatic heterocycles. The van der Waals surface area contributed by atoms with Gasteiger partial charge in [0.1, 0.15) is 11.9 Å². The zero-order valence-electron chi connectivity index (χ0n) is 24.1. The van der Waals surface area contributed by atoms with Crippen LogP contribution in [-0.4, -0.2) is 99.4 Å². The summed E-state index contributed by atoms with van der Waals surface area (Å²) in [7, 11) is 0. The van der Waals surface area contributed by atoms with E-state index in [1.807, 2.05) is 15.2 Å². The van der Waals surface area contributed by atoms with E-state index < -0.39 is 17.8 Å². The van der Waals surface area contributed by atoms with Crippen molar-refractivity contribution in [1.82, 2.24) is 30.3 Å². The standard InChI is InChI=1S/C30H34FN7O4S/c1-17-20(4-3-5-21(17)31)24-23(27(40)41)22(34-25(35-24)26-32-6-9-43-26)12-36-7-8-37-19(10-36)11-38(28(37)42)30-13-29(14-30,15-30)16-33-18(2)39/h3-6,9,19,24H,7-8,10-16H2,1-2H3,(H,33,39)(H,34,35)(H,40,41)/t19-,24-,29?,30?/m0/s1. The number of nitrogens with zero attached hydrogens (tertiary/aromatic N) is 5. The molecule has 43 heavy (non-hydrogen) atoms. The quantitative estimate of drug-likeness (QED) is 0.421. The van der Waals surface area contributed by atoms with Crippen molar-refractivity contribution in [2.24, 2.45) is 10.4 Å². The number of carboxylic acid groups (broad SMARTS) is 1. The molecule has 3 aliphatic carbocycles. The van der Waals surface area contributed by atoms with Gasteiger partial charge in [0.05, 0.1) is 11.6 Å². The van der Waals surface area contributed by atoms with Crippen LogP contribution in [0.15, 0.2) is 46.0 Å². The van der Waals surface area contributed by atoms with Crippen LogP contribution in [0.5, 0.6) is 0 Å². The average Bonchev–Trinajstić information content (AvgIpc) is 3.57. The predicted molar refractivity (Wildman–Crippen MR) is 157 cm³/mol. The van der Waals surface area contributed by atoms with Crippen molar-refractivity contribution < 1.29 is 23.9 Å². The first kappa shape index (κ1) is 28.0. The molecule has 3 aliphatic heterocycles. The number of aliphatic imine (C=N–C) groups is 1. The van der Waals surface area contributed by atoms with Crippen LogP contribution in [0.25, 0.3) is 0 Å². The van der Waals surface area contributed by atoms with Gasteiger partial charge in [-0.15, -0.1) is 11.3 Å². The van der Waals surface area contributed by atoms with Gasteiger partial charge in [0.25, 0.3) is 0 Å². The van der Waals surface area contributed by atoms with E-state index in [1.54, 1.807) is 25.3 Å². The number of thiazole rings is 1. The van der Waals surface area contributed by atoms with Crippen molar-refractivity contribution >= 4 is 35.1 Å². The summed E-state index contributed by atoms with van der Waals surface area (Å²) in [6.07, 6.45) is 4.44. The molecule has 6 aliphatic rings. The SMILES string of the molecule is CC(=O)NCC12CC(N3C[C@@H]4CN(CC5=C(C(=O)O)[C@H](c6cccc(F)c6C)N=C(c6nccs6)N5)CCN4C3=O)(C1)C2. The summed E-state index contributed by atoms with van der Waals surface area (Å²) < 4.78 is 14.6. The lowest BCUT2D eigenvalue weighted by atomic mass is 9.38. The van der Waals surface area contributed by atoms with Gasteiger partial charge in [-0.05, 0) is 48.8 Å². The monoisotopic (exact) mass is 607 g/mol. The molecule has 4 heterocycles. The normalized spacial score (nSPS) is 29.8. The van der Waals surface area contributed by atoms with Crippen LogP contribution >= 0.6 is 11.3 Å². The van der Waals surface area contributed by atoms with Gasteiger partial charge in [0, 0.05) is 69.0 Å². The number of amides is 3. The second kappa shape index (κ2) is 10.1. The molecule has 2 atom stereocenters. The molecule has 2 saturated heterocycles. The Balaban J connectivity index is 1.10. The Morgan fingerprint density at radius 1 is 1.23 bits per heavy atom. The molecular formula is C30H34FN7O4S. The molecule has 0 radical (unpaired) electrons. The lowest BCUT2D eigenvalue weighted by Gasteiger charge is -2.73. The number of piperazine rings is 1. The number of aliphatic carboxylic acids is 1. The Morgan fingerprint density at radius 3 is 2.72 bits per heavy atom. The van der Waals surface area contributed by atoms with Crippen LogP contribution in [0, 0.1) is 18.2 Å². The number of fused-ring (bicyclic) bond motifs is 1. The minimum absolute atomic E-state index is 0.00685. The third-order valence-corrected chi connectivity index (χ3v) is 10.6. The Hall–Kier alpha value is -3.84. The number of hydrogen-bond acceptors (Lipinski definition) is 8. The fourth-order valence-corrected chi connectivity index (χ4v) is 8.41. The van der Waals surface area contributed by atoms with Crippen molar-refractivity contribution in [3.8, 4) is 0 Å². The fraction of sp³-hybridized carbons (Fsp3) is 0.500. The number of rotatable bonds is 8. The van der Waals surface area contributed by atoms with Crippen LogP contribution in [-0.2, 0) is 9.59 Å². The highest BCUT2D eigenvalue weighted by atomic mass is 32.1. The largest absolute Gasteiger partial charge is 0.478 e. The summed E-state index contributed by atoms with van der Waals surface area (Å²) in [5, 5.41) is 19.1. The number of amidine groups is 1. The van der Waals surface area contributed by atoms with Gasteiger partial charge >= 0.3 is 12.0 Å². The van der Waals surface area contributed by atoms with E-state index >= 15 is 0 Å². The van der Waals surface area contributed by atoms with Crippen LogP contribution in [0.4, 0.5) is 9.18 Å². The molecule has 1 aromatic carbocycles. The molecule has 3 N–H and O–H groups in total. The van der Waals surface area contributed by atoms with Crippen LogP contribution in [0.1, 0.15) is 48.4 Å². The van der Waals surface area contributed by atoms with Gasteiger partial charge in [0.2, 0.25) is 5.91 Å². The summed E-state index contributed by atoms with van der Waals surface area (Å²) in [6.45, 7) is 6.57. The number of hydrogen-bond donors (Lipinski definition) is 3. The number of carboxylic acids is 1. The van der Waals surface area contributed by atoms with E-state index in [0.29, 0.717) is 66.9 Å². The number of nitrogens with one attached hydrogen (secondary N) is 2. The van der Waals surface area contributed by atoms with Gasteiger partial charge in [-0.3, -0.25) is 14.7 Å². The van der Waals surface area contributed by atoms with Gasteiger partial charge in [0.15, 0.2) is 10.8 Å². The van der Waals surface area contributed by atoms with Crippen molar-refractivity contribution in [3.05, 3.63) is 63.0 Å². The van der Waals surface area contributed by atoms with Gasteiger partial charge in [-0.25, -0.2) is 19.0 Å². The molecule has 8 rings (SSSR count). The molecule has 2 bridgehead atoms. The van der Waals surface area contributed by atoms with E-state index in [0.717, 1.165) is 19.3 Å². The molecule has 3 saturated carbocycles. The topological polar surface area (TPSA) is 130 Å². The number of urea groups is 1. The maximum atomic E-state index is 14.6. The second-order valence-corrected chi connectivity index (χ2v) is 13.5. The highest BCUT2D eigenvalue weighted by Crippen LogP contribution is 2.70. The van der Waals surface area contributed by atoms with Crippen LogP contribution in [0.3, 0.4) is 0 Å². The van der Waals surface area contributed by atoms with E-state index in [4.69, 9.17) is 4.99 Å².